The summed E-state index contributed by atoms with van der Waals surface area (Å²) in [6.07, 6.45) is 0.926. The van der Waals surface area contributed by atoms with E-state index in [0.29, 0.717) is 12.1 Å². The molecule has 0 bridgehead atoms. The third-order valence-electron chi connectivity index (χ3n) is 4.03. The first-order chi connectivity index (χ1) is 9.65. The normalized spacial score (nSPS) is 19.2. The van der Waals surface area contributed by atoms with Crippen LogP contribution in [0.3, 0.4) is 0 Å². The highest BCUT2D eigenvalue weighted by molar-refractivity contribution is 5.18. The van der Waals surface area contributed by atoms with Gasteiger partial charge in [-0.25, -0.2) is 8.78 Å². The number of piperazine rings is 1. The topological polar surface area (TPSA) is 26.7 Å². The average Bonchev–Trinajstić information content (AvgIpc) is 2.47. The fourth-order valence-electron chi connectivity index (χ4n) is 2.70. The standard InChI is InChI=1S/C15H22F2N2O/c1-2-13(11-20)19-8-6-18(7-9-19)10-12-4-3-5-14(16)15(12)17/h3-5,13,20H,2,6-11H2,1H3. The second-order valence-electron chi connectivity index (χ2n) is 5.27. The lowest BCUT2D eigenvalue weighted by Gasteiger charge is -2.38. The van der Waals surface area contributed by atoms with Crippen LogP contribution < -0.4 is 0 Å². The summed E-state index contributed by atoms with van der Waals surface area (Å²) in [6, 6.07) is 4.53. The SMILES string of the molecule is CCC(CO)N1CCN(Cc2cccc(F)c2F)CC1. The van der Waals surface area contributed by atoms with Crippen LogP contribution in [0.25, 0.3) is 0 Å². The summed E-state index contributed by atoms with van der Waals surface area (Å²) in [5.74, 6) is -1.52. The van der Waals surface area contributed by atoms with Crippen molar-refractivity contribution in [2.45, 2.75) is 25.9 Å². The summed E-state index contributed by atoms with van der Waals surface area (Å²) < 4.78 is 26.8. The van der Waals surface area contributed by atoms with Crippen molar-refractivity contribution >= 4 is 0 Å². The Morgan fingerprint density at radius 2 is 1.90 bits per heavy atom. The molecule has 3 nitrogen and oxygen atoms in total. The monoisotopic (exact) mass is 284 g/mol. The van der Waals surface area contributed by atoms with Crippen LogP contribution in [0.15, 0.2) is 18.2 Å². The van der Waals surface area contributed by atoms with Gasteiger partial charge in [0.05, 0.1) is 6.61 Å². The molecule has 0 saturated carbocycles. The highest BCUT2D eigenvalue weighted by atomic mass is 19.2. The summed E-state index contributed by atoms with van der Waals surface area (Å²) in [5, 5.41) is 9.30. The van der Waals surface area contributed by atoms with E-state index in [0.717, 1.165) is 38.7 Å². The molecule has 1 aliphatic heterocycles. The minimum Gasteiger partial charge on any atom is -0.395 e. The number of aliphatic hydroxyl groups excluding tert-OH is 1. The zero-order valence-corrected chi connectivity index (χ0v) is 11.9. The molecule has 112 valence electrons. The molecule has 5 heteroatoms. The van der Waals surface area contributed by atoms with E-state index in [-0.39, 0.29) is 12.6 Å². The Bertz CT molecular complexity index is 430. The molecular weight excluding hydrogens is 262 g/mol. The van der Waals surface area contributed by atoms with Crippen molar-refractivity contribution in [3.63, 3.8) is 0 Å². The Morgan fingerprint density at radius 3 is 2.50 bits per heavy atom. The van der Waals surface area contributed by atoms with E-state index in [9.17, 15) is 13.9 Å². The van der Waals surface area contributed by atoms with E-state index in [1.165, 1.54) is 0 Å². The number of benzene rings is 1. The molecule has 0 spiro atoms. The molecule has 20 heavy (non-hydrogen) atoms. The number of hydrogen-bond donors (Lipinski definition) is 1. The van der Waals surface area contributed by atoms with E-state index in [1.807, 2.05) is 0 Å². The molecule has 0 aliphatic carbocycles. The van der Waals surface area contributed by atoms with Crippen molar-refractivity contribution in [1.82, 2.24) is 9.80 Å². The van der Waals surface area contributed by atoms with Crippen LogP contribution in [0.1, 0.15) is 18.9 Å². The second-order valence-corrected chi connectivity index (χ2v) is 5.27. The van der Waals surface area contributed by atoms with Gasteiger partial charge in [0.1, 0.15) is 0 Å². The summed E-state index contributed by atoms with van der Waals surface area (Å²) in [5.41, 5.74) is 0.410. The number of nitrogens with zero attached hydrogens (tertiary/aromatic N) is 2. The van der Waals surface area contributed by atoms with Crippen LogP contribution in [0.4, 0.5) is 8.78 Å². The van der Waals surface area contributed by atoms with Crippen LogP contribution in [0.5, 0.6) is 0 Å². The van der Waals surface area contributed by atoms with Crippen molar-refractivity contribution in [3.8, 4) is 0 Å². The number of hydrogen-bond acceptors (Lipinski definition) is 3. The van der Waals surface area contributed by atoms with Crippen molar-refractivity contribution in [2.24, 2.45) is 0 Å². The molecule has 2 rings (SSSR count). The fourth-order valence-corrected chi connectivity index (χ4v) is 2.70. The molecule has 1 fully saturated rings. The van der Waals surface area contributed by atoms with Gasteiger partial charge in [-0.3, -0.25) is 9.80 Å². The van der Waals surface area contributed by atoms with E-state index in [4.69, 9.17) is 0 Å². The molecule has 1 aromatic carbocycles. The minimum absolute atomic E-state index is 0.176. The number of aliphatic hydroxyl groups is 1. The molecule has 1 heterocycles. The molecule has 1 aliphatic rings. The number of rotatable bonds is 5. The maximum Gasteiger partial charge on any atom is 0.163 e. The minimum atomic E-state index is -0.785. The van der Waals surface area contributed by atoms with E-state index in [1.54, 1.807) is 12.1 Å². The molecule has 0 aromatic heterocycles. The first-order valence-corrected chi connectivity index (χ1v) is 7.15. The van der Waals surface area contributed by atoms with E-state index in [2.05, 4.69) is 16.7 Å². The van der Waals surface area contributed by atoms with Crippen molar-refractivity contribution in [2.75, 3.05) is 32.8 Å². The highest BCUT2D eigenvalue weighted by Gasteiger charge is 2.23. The molecule has 1 aromatic rings. The third kappa shape index (κ3) is 3.53. The maximum atomic E-state index is 13.6. The Morgan fingerprint density at radius 1 is 1.20 bits per heavy atom. The zero-order valence-electron chi connectivity index (χ0n) is 11.9. The molecule has 1 atom stereocenters. The van der Waals surface area contributed by atoms with E-state index >= 15 is 0 Å². The molecule has 1 saturated heterocycles. The van der Waals surface area contributed by atoms with Gasteiger partial charge in [0, 0.05) is 44.3 Å². The molecule has 0 amide bonds. The van der Waals surface area contributed by atoms with Crippen LogP contribution in [0.2, 0.25) is 0 Å². The van der Waals surface area contributed by atoms with Crippen molar-refractivity contribution in [3.05, 3.63) is 35.4 Å². The molecule has 1 unspecified atom stereocenters. The lowest BCUT2D eigenvalue weighted by atomic mass is 10.1. The van der Waals surface area contributed by atoms with Gasteiger partial charge in [0.2, 0.25) is 0 Å². The summed E-state index contributed by atoms with van der Waals surface area (Å²) in [6.45, 7) is 6.02. The van der Waals surface area contributed by atoms with Crippen LogP contribution in [-0.4, -0.2) is 53.7 Å². The van der Waals surface area contributed by atoms with Gasteiger partial charge in [0.25, 0.3) is 0 Å². The Balaban J connectivity index is 1.90. The van der Waals surface area contributed by atoms with Crippen LogP contribution in [-0.2, 0) is 6.54 Å². The lowest BCUT2D eigenvalue weighted by Crippen LogP contribution is -2.50. The van der Waals surface area contributed by atoms with Crippen molar-refractivity contribution < 1.29 is 13.9 Å². The first kappa shape index (κ1) is 15.4. The van der Waals surface area contributed by atoms with Crippen molar-refractivity contribution in [1.29, 1.82) is 0 Å². The Hall–Kier alpha value is -1.04. The summed E-state index contributed by atoms with van der Waals surface area (Å²) in [4.78, 5) is 4.39. The van der Waals surface area contributed by atoms with Crippen LogP contribution in [0, 0.1) is 11.6 Å². The Labute approximate surface area is 118 Å². The van der Waals surface area contributed by atoms with Crippen LogP contribution >= 0.6 is 0 Å². The predicted molar refractivity (Wildman–Crippen MR) is 74.4 cm³/mol. The predicted octanol–water partition coefficient (Wildman–Crippen LogP) is 1.85. The zero-order chi connectivity index (χ0) is 14.5. The largest absolute Gasteiger partial charge is 0.395 e. The van der Waals surface area contributed by atoms with Gasteiger partial charge in [-0.1, -0.05) is 19.1 Å². The van der Waals surface area contributed by atoms with Gasteiger partial charge < -0.3 is 5.11 Å². The lowest BCUT2D eigenvalue weighted by molar-refractivity contribution is 0.0603. The van der Waals surface area contributed by atoms with Gasteiger partial charge in [-0.15, -0.1) is 0 Å². The summed E-state index contributed by atoms with van der Waals surface area (Å²) >= 11 is 0. The van der Waals surface area contributed by atoms with Gasteiger partial charge in [0.15, 0.2) is 11.6 Å². The van der Waals surface area contributed by atoms with Gasteiger partial charge in [-0.05, 0) is 12.5 Å². The molecular formula is C15H22F2N2O. The first-order valence-electron chi connectivity index (χ1n) is 7.15. The molecule has 0 radical (unpaired) electrons. The van der Waals surface area contributed by atoms with E-state index < -0.39 is 11.6 Å². The highest BCUT2D eigenvalue weighted by Crippen LogP contribution is 2.16. The summed E-state index contributed by atoms with van der Waals surface area (Å²) in [7, 11) is 0. The quantitative estimate of drug-likeness (QED) is 0.894. The fraction of sp³-hybridized carbons (Fsp3) is 0.600. The maximum absolute atomic E-state index is 13.6. The number of halogens is 2. The van der Waals surface area contributed by atoms with Gasteiger partial charge in [-0.2, -0.15) is 0 Å². The smallest absolute Gasteiger partial charge is 0.163 e. The Kier molecular flexibility index (Phi) is 5.46. The third-order valence-corrected chi connectivity index (χ3v) is 4.03. The average molecular weight is 284 g/mol. The van der Waals surface area contributed by atoms with Gasteiger partial charge >= 0.3 is 0 Å². The molecule has 1 N–H and O–H groups in total. The second kappa shape index (κ2) is 7.11.